The highest BCUT2D eigenvalue weighted by atomic mass is 16.5. The summed E-state index contributed by atoms with van der Waals surface area (Å²) in [5.41, 5.74) is 0. The number of nitrogens with one attached hydrogen (secondary N) is 1. The van der Waals surface area contributed by atoms with Crippen LogP contribution >= 0.6 is 0 Å². The molecule has 0 radical (unpaired) electrons. The van der Waals surface area contributed by atoms with Gasteiger partial charge in [0.2, 0.25) is 5.91 Å². The molecule has 1 amide bonds. The maximum atomic E-state index is 12.8. The van der Waals surface area contributed by atoms with Crippen molar-refractivity contribution in [3.05, 3.63) is 0 Å². The second-order valence-corrected chi connectivity index (χ2v) is 7.09. The van der Waals surface area contributed by atoms with Gasteiger partial charge in [-0.3, -0.25) is 10.1 Å². The van der Waals surface area contributed by atoms with Crippen LogP contribution < -0.4 is 5.32 Å². The molecule has 4 nitrogen and oxygen atoms in total. The Bertz CT molecular complexity index is 340. The molecule has 2 fully saturated rings. The third kappa shape index (κ3) is 4.19. The Morgan fingerprint density at radius 2 is 1.95 bits per heavy atom. The first-order valence-electron chi connectivity index (χ1n) is 8.71. The molecule has 0 aromatic carbocycles. The second-order valence-electron chi connectivity index (χ2n) is 7.09. The van der Waals surface area contributed by atoms with Crippen LogP contribution in [0.2, 0.25) is 0 Å². The molecule has 1 saturated carbocycles. The van der Waals surface area contributed by atoms with Crippen LogP contribution in [-0.4, -0.2) is 42.3 Å². The van der Waals surface area contributed by atoms with Crippen molar-refractivity contribution in [1.29, 1.82) is 0 Å². The molecule has 1 aliphatic carbocycles. The van der Waals surface area contributed by atoms with Crippen LogP contribution in [0.4, 0.5) is 0 Å². The quantitative estimate of drug-likeness (QED) is 0.785. The Hall–Kier alpha value is -0.610. The first-order valence-corrected chi connectivity index (χ1v) is 8.71. The molecule has 3 atom stereocenters. The van der Waals surface area contributed by atoms with Crippen molar-refractivity contribution in [1.82, 2.24) is 10.2 Å². The Kier molecular flexibility index (Phi) is 6.06. The molecular weight excluding hydrogens is 264 g/mol. The molecule has 1 aliphatic heterocycles. The van der Waals surface area contributed by atoms with Crippen molar-refractivity contribution in [2.75, 3.05) is 13.2 Å². The van der Waals surface area contributed by atoms with Crippen LogP contribution in [0.5, 0.6) is 0 Å². The maximum absolute atomic E-state index is 12.8. The number of hydrogen-bond donors (Lipinski definition) is 1. The Balaban J connectivity index is 2.05. The highest BCUT2D eigenvalue weighted by Crippen LogP contribution is 2.33. The number of amides is 1. The largest absolute Gasteiger partial charge is 0.377 e. The fourth-order valence-electron chi connectivity index (χ4n) is 3.83. The summed E-state index contributed by atoms with van der Waals surface area (Å²) in [6.07, 6.45) is 6.38. The lowest BCUT2D eigenvalue weighted by molar-refractivity contribution is -0.132. The van der Waals surface area contributed by atoms with E-state index in [-0.39, 0.29) is 24.2 Å². The lowest BCUT2D eigenvalue weighted by Gasteiger charge is -2.31. The normalized spacial score (nSPS) is 28.8. The lowest BCUT2D eigenvalue weighted by Crippen LogP contribution is -2.45. The van der Waals surface area contributed by atoms with Gasteiger partial charge in [0.25, 0.3) is 0 Å². The van der Waals surface area contributed by atoms with Crippen LogP contribution in [-0.2, 0) is 9.53 Å². The predicted octanol–water partition coefficient (Wildman–Crippen LogP) is 2.77. The van der Waals surface area contributed by atoms with Crippen molar-refractivity contribution in [3.8, 4) is 0 Å². The Morgan fingerprint density at radius 1 is 1.29 bits per heavy atom. The molecule has 0 aromatic rings. The average molecular weight is 296 g/mol. The van der Waals surface area contributed by atoms with E-state index >= 15 is 0 Å². The van der Waals surface area contributed by atoms with Gasteiger partial charge in [0, 0.05) is 13.2 Å². The molecule has 1 N–H and O–H groups in total. The summed E-state index contributed by atoms with van der Waals surface area (Å²) < 4.78 is 5.66. The van der Waals surface area contributed by atoms with E-state index in [9.17, 15) is 4.79 Å². The van der Waals surface area contributed by atoms with E-state index in [2.05, 4.69) is 31.0 Å². The number of carbonyl (C=O) groups excluding carboxylic acids is 1. The van der Waals surface area contributed by atoms with Crippen LogP contribution in [0.25, 0.3) is 0 Å². The minimum atomic E-state index is 0.00410. The third-order valence-electron chi connectivity index (χ3n) is 4.75. The van der Waals surface area contributed by atoms with E-state index in [1.165, 1.54) is 25.7 Å². The van der Waals surface area contributed by atoms with Gasteiger partial charge in [0.05, 0.1) is 18.3 Å². The summed E-state index contributed by atoms with van der Waals surface area (Å²) in [5.74, 6) is 1.45. The van der Waals surface area contributed by atoms with E-state index in [1.807, 2.05) is 6.92 Å². The second kappa shape index (κ2) is 7.59. The zero-order chi connectivity index (χ0) is 15.4. The lowest BCUT2D eigenvalue weighted by atomic mass is 10.0. The monoisotopic (exact) mass is 296 g/mol. The standard InChI is InChI=1S/C17H32N2O2/c1-5-21-13(4)11-19-16(14-8-6-7-9-14)18-15(17(19)20)10-12(2)3/h12-16,18H,5-11H2,1-4H3. The average Bonchev–Trinajstić information content (AvgIpc) is 3.02. The molecule has 1 heterocycles. The summed E-state index contributed by atoms with van der Waals surface area (Å²) in [4.78, 5) is 14.8. The molecule has 0 spiro atoms. The van der Waals surface area contributed by atoms with Crippen molar-refractivity contribution in [3.63, 3.8) is 0 Å². The van der Waals surface area contributed by atoms with Gasteiger partial charge in [-0.25, -0.2) is 0 Å². The van der Waals surface area contributed by atoms with Crippen molar-refractivity contribution >= 4 is 5.91 Å². The van der Waals surface area contributed by atoms with Gasteiger partial charge in [-0.05, 0) is 44.9 Å². The maximum Gasteiger partial charge on any atom is 0.241 e. The van der Waals surface area contributed by atoms with Crippen molar-refractivity contribution in [2.24, 2.45) is 11.8 Å². The van der Waals surface area contributed by atoms with Gasteiger partial charge < -0.3 is 9.64 Å². The van der Waals surface area contributed by atoms with Gasteiger partial charge in [0.15, 0.2) is 0 Å². The molecule has 21 heavy (non-hydrogen) atoms. The SMILES string of the molecule is CCOC(C)CN1C(=O)C(CC(C)C)NC1C1CCCC1. The van der Waals surface area contributed by atoms with Crippen molar-refractivity contribution in [2.45, 2.75) is 78.1 Å². The summed E-state index contributed by atoms with van der Waals surface area (Å²) >= 11 is 0. The van der Waals surface area contributed by atoms with E-state index < -0.39 is 0 Å². The van der Waals surface area contributed by atoms with Crippen LogP contribution in [0.3, 0.4) is 0 Å². The van der Waals surface area contributed by atoms with Gasteiger partial charge >= 0.3 is 0 Å². The van der Waals surface area contributed by atoms with E-state index in [0.29, 0.717) is 18.4 Å². The number of rotatable bonds is 7. The summed E-state index contributed by atoms with van der Waals surface area (Å²) in [6.45, 7) is 9.88. The fourth-order valence-corrected chi connectivity index (χ4v) is 3.83. The molecule has 0 bridgehead atoms. The summed E-state index contributed by atoms with van der Waals surface area (Å²) in [7, 11) is 0. The molecule has 4 heteroatoms. The van der Waals surface area contributed by atoms with Gasteiger partial charge in [0.1, 0.15) is 0 Å². The molecule has 3 unspecified atom stereocenters. The summed E-state index contributed by atoms with van der Waals surface area (Å²) in [5, 5.41) is 3.63. The zero-order valence-corrected chi connectivity index (χ0v) is 14.1. The fraction of sp³-hybridized carbons (Fsp3) is 0.941. The molecule has 2 rings (SSSR count). The van der Waals surface area contributed by atoms with E-state index in [0.717, 1.165) is 13.0 Å². The molecule has 2 aliphatic rings. The number of ether oxygens (including phenoxy) is 1. The van der Waals surface area contributed by atoms with E-state index in [1.54, 1.807) is 0 Å². The number of hydrogen-bond acceptors (Lipinski definition) is 3. The van der Waals surface area contributed by atoms with Crippen LogP contribution in [0.1, 0.15) is 59.8 Å². The van der Waals surface area contributed by atoms with Crippen LogP contribution in [0.15, 0.2) is 0 Å². The zero-order valence-electron chi connectivity index (χ0n) is 14.1. The highest BCUT2D eigenvalue weighted by Gasteiger charge is 2.43. The summed E-state index contributed by atoms with van der Waals surface area (Å²) in [6, 6.07) is 0.00410. The van der Waals surface area contributed by atoms with Crippen molar-refractivity contribution < 1.29 is 9.53 Å². The first-order chi connectivity index (χ1) is 10.0. The smallest absolute Gasteiger partial charge is 0.241 e. The third-order valence-corrected chi connectivity index (χ3v) is 4.75. The Labute approximate surface area is 129 Å². The number of nitrogens with zero attached hydrogens (tertiary/aromatic N) is 1. The first kappa shape index (κ1) is 16.8. The van der Waals surface area contributed by atoms with Gasteiger partial charge in [-0.1, -0.05) is 26.7 Å². The molecule has 1 saturated heterocycles. The molecule has 0 aromatic heterocycles. The van der Waals surface area contributed by atoms with Gasteiger partial charge in [-0.2, -0.15) is 0 Å². The Morgan fingerprint density at radius 3 is 2.52 bits per heavy atom. The topological polar surface area (TPSA) is 41.6 Å². The molecular formula is C17H32N2O2. The van der Waals surface area contributed by atoms with Crippen LogP contribution in [0, 0.1) is 11.8 Å². The number of carbonyl (C=O) groups is 1. The predicted molar refractivity (Wildman–Crippen MR) is 84.9 cm³/mol. The van der Waals surface area contributed by atoms with E-state index in [4.69, 9.17) is 4.74 Å². The van der Waals surface area contributed by atoms with Gasteiger partial charge in [-0.15, -0.1) is 0 Å². The highest BCUT2D eigenvalue weighted by molar-refractivity contribution is 5.84. The minimum Gasteiger partial charge on any atom is -0.377 e. The minimum absolute atomic E-state index is 0.00410. The molecule has 122 valence electrons.